The number of likely N-dealkylation sites (N-methyl/N-ethyl adjacent to an activating group) is 1. The second-order valence-electron chi connectivity index (χ2n) is 2.23. The predicted molar refractivity (Wildman–Crippen MR) is 45.1 cm³/mol. The van der Waals surface area contributed by atoms with Gasteiger partial charge in [0.25, 0.3) is 0 Å². The van der Waals surface area contributed by atoms with Crippen LogP contribution in [0.25, 0.3) is 0 Å². The number of hydrogen-bond donors (Lipinski definition) is 4. The molecular formula is C5H11N7O. The Labute approximate surface area is 74.5 Å². The van der Waals surface area contributed by atoms with Crippen molar-refractivity contribution in [3.63, 3.8) is 0 Å². The molecular weight excluding hydrogens is 174 g/mol. The number of amides is 2. The number of nitrogens with one attached hydrogen (secondary N) is 4. The first-order chi connectivity index (χ1) is 6.33. The Morgan fingerprint density at radius 2 is 2.38 bits per heavy atom. The highest BCUT2D eigenvalue weighted by Gasteiger charge is 2.01. The van der Waals surface area contributed by atoms with Crippen molar-refractivity contribution in [3.8, 4) is 0 Å². The van der Waals surface area contributed by atoms with E-state index in [-0.39, 0.29) is 12.0 Å². The summed E-state index contributed by atoms with van der Waals surface area (Å²) in [6.07, 6.45) is 0. The number of aromatic nitrogens is 4. The first-order valence-corrected chi connectivity index (χ1v) is 3.76. The first-order valence-electron chi connectivity index (χ1n) is 3.76. The van der Waals surface area contributed by atoms with E-state index in [9.17, 15) is 4.79 Å². The van der Waals surface area contributed by atoms with Gasteiger partial charge < -0.3 is 10.6 Å². The third kappa shape index (κ3) is 3.47. The zero-order chi connectivity index (χ0) is 9.52. The molecule has 0 radical (unpaired) electrons. The minimum Gasteiger partial charge on any atom is -0.337 e. The molecule has 0 aliphatic carbocycles. The molecule has 0 saturated carbocycles. The monoisotopic (exact) mass is 185 g/mol. The Kier molecular flexibility index (Phi) is 3.64. The topological polar surface area (TPSA) is 108 Å². The number of rotatable bonds is 4. The van der Waals surface area contributed by atoms with Crippen LogP contribution in [0.1, 0.15) is 0 Å². The summed E-state index contributed by atoms with van der Waals surface area (Å²) in [7, 11) is 1.81. The van der Waals surface area contributed by atoms with Gasteiger partial charge in [-0.15, -0.1) is 0 Å². The third-order valence-corrected chi connectivity index (χ3v) is 1.24. The molecule has 0 aliphatic heterocycles. The van der Waals surface area contributed by atoms with E-state index in [1.165, 1.54) is 0 Å². The second kappa shape index (κ2) is 5.04. The summed E-state index contributed by atoms with van der Waals surface area (Å²) in [5.41, 5.74) is 0. The van der Waals surface area contributed by atoms with Crippen molar-refractivity contribution in [2.45, 2.75) is 0 Å². The predicted octanol–water partition coefficient (Wildman–Crippen LogP) is -1.46. The number of nitrogens with zero attached hydrogens (tertiary/aromatic N) is 3. The molecule has 2 amide bonds. The minimum absolute atomic E-state index is 0.224. The number of anilines is 1. The number of H-pyrrole nitrogens is 1. The smallest absolute Gasteiger partial charge is 0.321 e. The number of aromatic amines is 1. The van der Waals surface area contributed by atoms with E-state index in [1.54, 1.807) is 7.05 Å². The fourth-order valence-corrected chi connectivity index (χ4v) is 0.665. The van der Waals surface area contributed by atoms with Gasteiger partial charge in [-0.05, 0) is 17.5 Å². The van der Waals surface area contributed by atoms with Crippen molar-refractivity contribution >= 4 is 12.0 Å². The lowest BCUT2D eigenvalue weighted by molar-refractivity contribution is 0.252. The molecule has 0 atom stereocenters. The van der Waals surface area contributed by atoms with Crippen LogP contribution in [-0.2, 0) is 0 Å². The first kappa shape index (κ1) is 9.39. The molecule has 1 heterocycles. The quantitative estimate of drug-likeness (QED) is 0.429. The lowest BCUT2D eigenvalue weighted by atomic mass is 10.6. The summed E-state index contributed by atoms with van der Waals surface area (Å²) in [5, 5.41) is 20.4. The van der Waals surface area contributed by atoms with Crippen LogP contribution in [-0.4, -0.2) is 46.8 Å². The molecule has 4 N–H and O–H groups in total. The van der Waals surface area contributed by atoms with E-state index in [2.05, 4.69) is 36.6 Å². The van der Waals surface area contributed by atoms with E-state index in [4.69, 9.17) is 0 Å². The van der Waals surface area contributed by atoms with Crippen LogP contribution >= 0.6 is 0 Å². The molecule has 1 rings (SSSR count). The number of carbonyl (C=O) groups is 1. The Bertz CT molecular complexity index is 245. The maximum absolute atomic E-state index is 11.0. The molecule has 8 heteroatoms. The van der Waals surface area contributed by atoms with Crippen LogP contribution in [0.4, 0.5) is 10.7 Å². The zero-order valence-electron chi connectivity index (χ0n) is 7.16. The molecule has 0 spiro atoms. The van der Waals surface area contributed by atoms with E-state index in [1.807, 2.05) is 0 Å². The summed E-state index contributed by atoms with van der Waals surface area (Å²) in [4.78, 5) is 11.0. The van der Waals surface area contributed by atoms with Crippen molar-refractivity contribution in [1.29, 1.82) is 0 Å². The van der Waals surface area contributed by atoms with E-state index >= 15 is 0 Å². The van der Waals surface area contributed by atoms with Crippen molar-refractivity contribution < 1.29 is 4.79 Å². The largest absolute Gasteiger partial charge is 0.337 e. The molecule has 13 heavy (non-hydrogen) atoms. The molecule has 0 unspecified atom stereocenters. The third-order valence-electron chi connectivity index (χ3n) is 1.24. The Balaban J connectivity index is 2.18. The van der Waals surface area contributed by atoms with Gasteiger partial charge in [-0.2, -0.15) is 0 Å². The minimum atomic E-state index is -0.339. The summed E-state index contributed by atoms with van der Waals surface area (Å²) in [6, 6.07) is -0.339. The Hall–Kier alpha value is -1.70. The van der Waals surface area contributed by atoms with E-state index < -0.39 is 0 Å². The van der Waals surface area contributed by atoms with Gasteiger partial charge in [0.2, 0.25) is 5.95 Å². The molecule has 0 saturated heterocycles. The molecule has 1 aromatic heterocycles. The summed E-state index contributed by atoms with van der Waals surface area (Å²) >= 11 is 0. The lowest BCUT2D eigenvalue weighted by Gasteiger charge is -2.03. The molecule has 0 fully saturated rings. The lowest BCUT2D eigenvalue weighted by Crippen LogP contribution is -2.34. The highest BCUT2D eigenvalue weighted by atomic mass is 16.2. The summed E-state index contributed by atoms with van der Waals surface area (Å²) < 4.78 is 0. The van der Waals surface area contributed by atoms with Crippen LogP contribution in [0.3, 0.4) is 0 Å². The summed E-state index contributed by atoms with van der Waals surface area (Å²) in [6.45, 7) is 1.26. The standard InChI is InChI=1S/C5H11N7O/c1-6-2-3-7-5(13)8-4-9-11-12-10-4/h6H,2-3H2,1H3,(H3,7,8,9,10,11,12,13). The molecule has 0 aromatic carbocycles. The normalized spacial score (nSPS) is 9.62. The van der Waals surface area contributed by atoms with Crippen molar-refractivity contribution in [3.05, 3.63) is 0 Å². The van der Waals surface area contributed by atoms with Gasteiger partial charge in [0.05, 0.1) is 0 Å². The Morgan fingerprint density at radius 3 is 3.00 bits per heavy atom. The van der Waals surface area contributed by atoms with Crippen LogP contribution in [0.5, 0.6) is 0 Å². The van der Waals surface area contributed by atoms with Crippen molar-refractivity contribution in [2.75, 3.05) is 25.5 Å². The van der Waals surface area contributed by atoms with Crippen LogP contribution < -0.4 is 16.0 Å². The average molecular weight is 185 g/mol. The molecule has 72 valence electrons. The molecule has 0 aliphatic rings. The Morgan fingerprint density at radius 1 is 1.54 bits per heavy atom. The van der Waals surface area contributed by atoms with Gasteiger partial charge in [0.15, 0.2) is 0 Å². The average Bonchev–Trinajstić information content (AvgIpc) is 2.57. The molecule has 0 bridgehead atoms. The van der Waals surface area contributed by atoms with E-state index in [0.29, 0.717) is 13.1 Å². The number of carbonyl (C=O) groups excluding carboxylic acids is 1. The van der Waals surface area contributed by atoms with Crippen LogP contribution in [0.15, 0.2) is 0 Å². The van der Waals surface area contributed by atoms with Gasteiger partial charge in [-0.25, -0.2) is 9.89 Å². The maximum atomic E-state index is 11.0. The number of urea groups is 1. The fourth-order valence-electron chi connectivity index (χ4n) is 0.665. The highest BCUT2D eigenvalue weighted by molar-refractivity contribution is 5.87. The van der Waals surface area contributed by atoms with Gasteiger partial charge in [0, 0.05) is 13.1 Å². The second-order valence-corrected chi connectivity index (χ2v) is 2.23. The van der Waals surface area contributed by atoms with Crippen LogP contribution in [0, 0.1) is 0 Å². The van der Waals surface area contributed by atoms with Gasteiger partial charge in [-0.3, -0.25) is 5.32 Å². The van der Waals surface area contributed by atoms with Crippen molar-refractivity contribution in [2.24, 2.45) is 0 Å². The highest BCUT2D eigenvalue weighted by Crippen LogP contribution is 1.87. The number of tetrazole rings is 1. The maximum Gasteiger partial charge on any atom is 0.321 e. The van der Waals surface area contributed by atoms with Crippen LogP contribution in [0.2, 0.25) is 0 Å². The number of hydrogen-bond acceptors (Lipinski definition) is 5. The van der Waals surface area contributed by atoms with Gasteiger partial charge >= 0.3 is 6.03 Å². The van der Waals surface area contributed by atoms with Gasteiger partial charge in [0.1, 0.15) is 0 Å². The summed E-state index contributed by atoms with van der Waals surface area (Å²) in [5.74, 6) is 0.224. The fraction of sp³-hybridized carbons (Fsp3) is 0.600. The SMILES string of the molecule is CNCCNC(=O)Nc1nnn[nH]1. The van der Waals surface area contributed by atoms with Gasteiger partial charge in [-0.1, -0.05) is 5.10 Å². The molecule has 1 aromatic rings. The van der Waals surface area contributed by atoms with Crippen molar-refractivity contribution in [1.82, 2.24) is 31.3 Å². The molecule has 8 nitrogen and oxygen atoms in total. The zero-order valence-corrected chi connectivity index (χ0v) is 7.16. The van der Waals surface area contributed by atoms with E-state index in [0.717, 1.165) is 0 Å².